The van der Waals surface area contributed by atoms with E-state index in [0.717, 1.165) is 0 Å². The van der Waals surface area contributed by atoms with Crippen LogP contribution in [0.5, 0.6) is 0 Å². The summed E-state index contributed by atoms with van der Waals surface area (Å²) in [5, 5.41) is 0. The van der Waals surface area contributed by atoms with Gasteiger partial charge in [0, 0.05) is 0 Å². The average molecular weight is 229 g/mol. The number of ether oxygens (including phenoxy) is 1. The van der Waals surface area contributed by atoms with Gasteiger partial charge in [-0.05, 0) is 0 Å². The first-order valence-corrected chi connectivity index (χ1v) is 2.78. The molecule has 3 nitrogen and oxygen atoms in total. The standard InChI is InChI=1S/C4H2F7NO2/c5-1(6)3(7,8)4(9,10)14-2(13)12-11/h1H,(H,12,13). The molecule has 0 aromatic carbocycles. The molecule has 0 saturated heterocycles. The van der Waals surface area contributed by atoms with Gasteiger partial charge in [0.2, 0.25) is 0 Å². The second-order valence-electron chi connectivity index (χ2n) is 1.92. The maximum Gasteiger partial charge on any atom is 0.473 e. The Bertz CT molecular complexity index is 218. The van der Waals surface area contributed by atoms with Gasteiger partial charge in [0.15, 0.2) is 0 Å². The van der Waals surface area contributed by atoms with Gasteiger partial charge in [-0.25, -0.2) is 13.6 Å². The van der Waals surface area contributed by atoms with Gasteiger partial charge in [-0.3, -0.25) is 0 Å². The predicted octanol–water partition coefficient (Wildman–Crippen LogP) is 2.09. The second kappa shape index (κ2) is 3.88. The Labute approximate surface area is 71.8 Å². The van der Waals surface area contributed by atoms with Gasteiger partial charge in [0.25, 0.3) is 0 Å². The van der Waals surface area contributed by atoms with Gasteiger partial charge in [0.1, 0.15) is 0 Å². The van der Waals surface area contributed by atoms with Crippen LogP contribution >= 0.6 is 0 Å². The first-order chi connectivity index (χ1) is 6.15. The van der Waals surface area contributed by atoms with Crippen molar-refractivity contribution in [3.05, 3.63) is 0 Å². The van der Waals surface area contributed by atoms with Crippen LogP contribution in [0.1, 0.15) is 0 Å². The summed E-state index contributed by atoms with van der Waals surface area (Å²) in [6.07, 6.45) is -13.2. The molecule has 84 valence electrons. The second-order valence-corrected chi connectivity index (χ2v) is 1.92. The van der Waals surface area contributed by atoms with E-state index in [1.807, 2.05) is 0 Å². The van der Waals surface area contributed by atoms with Crippen molar-refractivity contribution < 1.29 is 40.4 Å². The number of rotatable bonds is 3. The fourth-order valence-corrected chi connectivity index (χ4v) is 0.331. The molecule has 0 atom stereocenters. The van der Waals surface area contributed by atoms with Crippen LogP contribution in [0.3, 0.4) is 0 Å². The van der Waals surface area contributed by atoms with Crippen molar-refractivity contribution in [1.29, 1.82) is 0 Å². The lowest BCUT2D eigenvalue weighted by Crippen LogP contribution is -2.50. The van der Waals surface area contributed by atoms with Gasteiger partial charge < -0.3 is 4.74 Å². The Morgan fingerprint density at radius 2 is 1.64 bits per heavy atom. The SMILES string of the molecule is O=C(NF)OC(F)(F)C(F)(F)C(F)F. The number of alkyl halides is 6. The number of amides is 1. The first-order valence-electron chi connectivity index (χ1n) is 2.78. The smallest absolute Gasteiger partial charge is 0.377 e. The van der Waals surface area contributed by atoms with E-state index in [0.29, 0.717) is 0 Å². The van der Waals surface area contributed by atoms with Crippen molar-refractivity contribution in [3.8, 4) is 0 Å². The summed E-state index contributed by atoms with van der Waals surface area (Å²) in [4.78, 5) is 9.73. The van der Waals surface area contributed by atoms with E-state index >= 15 is 0 Å². The quantitative estimate of drug-likeness (QED) is 0.594. The van der Waals surface area contributed by atoms with Gasteiger partial charge in [-0.2, -0.15) is 23.1 Å². The number of hydrogen-bond donors (Lipinski definition) is 1. The van der Waals surface area contributed by atoms with Crippen LogP contribution in [-0.4, -0.2) is 24.5 Å². The minimum absolute atomic E-state index is 0.0873. The lowest BCUT2D eigenvalue weighted by Gasteiger charge is -2.23. The largest absolute Gasteiger partial charge is 0.473 e. The van der Waals surface area contributed by atoms with Gasteiger partial charge in [-0.1, -0.05) is 4.48 Å². The Morgan fingerprint density at radius 1 is 1.21 bits per heavy atom. The summed E-state index contributed by atoms with van der Waals surface area (Å²) in [5.41, 5.74) is -0.0873. The van der Waals surface area contributed by atoms with Gasteiger partial charge >= 0.3 is 24.5 Å². The van der Waals surface area contributed by atoms with Crippen LogP contribution in [0, 0.1) is 0 Å². The Balaban J connectivity index is 4.68. The van der Waals surface area contributed by atoms with E-state index in [1.54, 1.807) is 0 Å². The normalized spacial score (nSPS) is 12.9. The zero-order valence-corrected chi connectivity index (χ0v) is 6.04. The van der Waals surface area contributed by atoms with E-state index in [4.69, 9.17) is 0 Å². The molecular formula is C4H2F7NO2. The number of halogens is 7. The van der Waals surface area contributed by atoms with Crippen molar-refractivity contribution in [3.63, 3.8) is 0 Å². The van der Waals surface area contributed by atoms with Gasteiger partial charge in [0.05, 0.1) is 0 Å². The summed E-state index contributed by atoms with van der Waals surface area (Å²) in [6, 6.07) is 0. The molecule has 0 unspecified atom stereocenters. The van der Waals surface area contributed by atoms with E-state index in [2.05, 4.69) is 4.74 Å². The van der Waals surface area contributed by atoms with Crippen LogP contribution in [0.4, 0.5) is 35.6 Å². The topological polar surface area (TPSA) is 38.3 Å². The molecule has 0 aliphatic carbocycles. The van der Waals surface area contributed by atoms with E-state index in [1.165, 1.54) is 0 Å². The zero-order chi connectivity index (χ0) is 11.6. The fourth-order valence-electron chi connectivity index (χ4n) is 0.331. The number of hydrogen-bond acceptors (Lipinski definition) is 2. The van der Waals surface area contributed by atoms with E-state index < -0.39 is 24.5 Å². The summed E-state index contributed by atoms with van der Waals surface area (Å²) in [5.74, 6) is -5.89. The molecule has 0 radical (unpaired) electrons. The van der Waals surface area contributed by atoms with Crippen molar-refractivity contribution in [2.24, 2.45) is 0 Å². The molecule has 0 aliphatic heterocycles. The fraction of sp³-hybridized carbons (Fsp3) is 0.750. The third-order valence-electron chi connectivity index (χ3n) is 0.960. The van der Waals surface area contributed by atoms with Crippen molar-refractivity contribution >= 4 is 6.09 Å². The Hall–Kier alpha value is -1.22. The minimum Gasteiger partial charge on any atom is -0.377 e. The predicted molar refractivity (Wildman–Crippen MR) is 26.6 cm³/mol. The summed E-state index contributed by atoms with van der Waals surface area (Å²) < 4.78 is 83.9. The summed E-state index contributed by atoms with van der Waals surface area (Å²) >= 11 is 0. The maximum atomic E-state index is 12.0. The molecule has 0 spiro atoms. The molecule has 0 bridgehead atoms. The number of carbonyl (C=O) groups excluding carboxylic acids is 1. The first kappa shape index (κ1) is 12.8. The average Bonchev–Trinajstić information content (AvgIpc) is 2.02. The third-order valence-corrected chi connectivity index (χ3v) is 0.960. The number of nitrogens with one attached hydrogen (secondary N) is 1. The highest BCUT2D eigenvalue weighted by atomic mass is 19.3. The molecule has 0 aliphatic rings. The number of carbonyl (C=O) groups is 1. The van der Waals surface area contributed by atoms with Crippen molar-refractivity contribution in [1.82, 2.24) is 5.54 Å². The summed E-state index contributed by atoms with van der Waals surface area (Å²) in [7, 11) is 0. The van der Waals surface area contributed by atoms with Crippen LogP contribution in [-0.2, 0) is 4.74 Å². The molecule has 0 saturated carbocycles. The molecule has 1 N–H and O–H groups in total. The van der Waals surface area contributed by atoms with Crippen LogP contribution < -0.4 is 5.54 Å². The highest BCUT2D eigenvalue weighted by molar-refractivity contribution is 5.66. The molecule has 1 amide bonds. The third kappa shape index (κ3) is 2.39. The molecule has 0 aromatic rings. The monoisotopic (exact) mass is 229 g/mol. The van der Waals surface area contributed by atoms with Crippen LogP contribution in [0.2, 0.25) is 0 Å². The van der Waals surface area contributed by atoms with E-state index in [9.17, 15) is 35.6 Å². The van der Waals surface area contributed by atoms with Crippen molar-refractivity contribution in [2.45, 2.75) is 18.5 Å². The minimum atomic E-state index is -5.89. The Morgan fingerprint density at radius 3 is 1.93 bits per heavy atom. The molecule has 0 aromatic heterocycles. The summed E-state index contributed by atoms with van der Waals surface area (Å²) in [6.45, 7) is 0. The molecular weight excluding hydrogens is 227 g/mol. The van der Waals surface area contributed by atoms with Gasteiger partial charge in [-0.15, -0.1) is 0 Å². The molecule has 0 fully saturated rings. The van der Waals surface area contributed by atoms with Crippen LogP contribution in [0.15, 0.2) is 0 Å². The zero-order valence-electron chi connectivity index (χ0n) is 6.04. The highest BCUT2D eigenvalue weighted by Crippen LogP contribution is 2.39. The maximum absolute atomic E-state index is 12.0. The van der Waals surface area contributed by atoms with Crippen molar-refractivity contribution in [2.75, 3.05) is 0 Å². The highest BCUT2D eigenvalue weighted by Gasteiger charge is 2.66. The molecule has 10 heteroatoms. The van der Waals surface area contributed by atoms with E-state index in [-0.39, 0.29) is 5.54 Å². The lowest BCUT2D eigenvalue weighted by molar-refractivity contribution is -0.352. The molecule has 14 heavy (non-hydrogen) atoms. The molecule has 0 heterocycles. The van der Waals surface area contributed by atoms with Crippen LogP contribution in [0.25, 0.3) is 0 Å². The lowest BCUT2D eigenvalue weighted by atomic mass is 10.3. The molecule has 0 rings (SSSR count). The Kier molecular flexibility index (Phi) is 3.54.